The van der Waals surface area contributed by atoms with Crippen molar-refractivity contribution >= 4 is 11.8 Å². The number of hydrogen-bond donors (Lipinski definition) is 0. The number of rotatable bonds is 10. The van der Waals surface area contributed by atoms with E-state index in [1.165, 1.54) is 25.7 Å². The molecule has 0 saturated heterocycles. The monoisotopic (exact) mass is 589 g/mol. The molecule has 2 heterocycles. The van der Waals surface area contributed by atoms with Crippen LogP contribution in [0.4, 0.5) is 38.1 Å². The number of pyridine rings is 1. The Balaban J connectivity index is 1.40. The maximum Gasteiger partial charge on any atom is 0.416 e. The van der Waals surface area contributed by atoms with E-state index >= 15 is 0 Å². The average molecular weight is 590 g/mol. The summed E-state index contributed by atoms with van der Waals surface area (Å²) in [5, 5.41) is 0. The van der Waals surface area contributed by atoms with E-state index in [4.69, 9.17) is 4.98 Å². The largest absolute Gasteiger partial charge is 0.416 e. The second kappa shape index (κ2) is 11.0. The van der Waals surface area contributed by atoms with E-state index in [1.807, 2.05) is 6.92 Å². The van der Waals surface area contributed by atoms with Gasteiger partial charge in [0, 0.05) is 49.8 Å². The second-order valence-electron chi connectivity index (χ2n) is 12.1. The van der Waals surface area contributed by atoms with Crippen LogP contribution < -0.4 is 9.80 Å². The first kappa shape index (κ1) is 28.7. The standard InChI is InChI=1S/C31H33F6N5/c1-19-13-38-29(39-14-19)42(17-22-9-25(30(32,33)34)12-26(10-22)31(35,36)37)18-24-11-23-3-2-4-27(23)40-28(24)41(15-20-5-6-20)16-21-7-8-21/h9-14,20-21H,2-8,15-18H2,1H3. The summed E-state index contributed by atoms with van der Waals surface area (Å²) in [6, 6.07) is 3.86. The van der Waals surface area contributed by atoms with Crippen LogP contribution in [0.2, 0.25) is 0 Å². The van der Waals surface area contributed by atoms with Crippen LogP contribution in [0.1, 0.15) is 71.2 Å². The van der Waals surface area contributed by atoms with Gasteiger partial charge in [-0.25, -0.2) is 15.0 Å². The van der Waals surface area contributed by atoms with Crippen molar-refractivity contribution in [2.24, 2.45) is 11.8 Å². The number of fused-ring (bicyclic) bond motifs is 1. The fourth-order valence-corrected chi connectivity index (χ4v) is 5.65. The number of alkyl halides is 6. The van der Waals surface area contributed by atoms with E-state index in [-0.39, 0.29) is 30.7 Å². The maximum absolute atomic E-state index is 13.7. The zero-order valence-corrected chi connectivity index (χ0v) is 23.4. The lowest BCUT2D eigenvalue weighted by Gasteiger charge is -2.30. The number of nitrogens with zero attached hydrogens (tertiary/aromatic N) is 5. The normalized spacial score (nSPS) is 16.9. The fraction of sp³-hybridized carbons (Fsp3) is 0.516. The number of anilines is 2. The third-order valence-corrected chi connectivity index (χ3v) is 8.19. The van der Waals surface area contributed by atoms with Crippen LogP contribution in [0.15, 0.2) is 36.7 Å². The summed E-state index contributed by atoms with van der Waals surface area (Å²) in [4.78, 5) is 18.0. The lowest BCUT2D eigenvalue weighted by atomic mass is 10.0. The molecule has 3 aromatic rings. The summed E-state index contributed by atoms with van der Waals surface area (Å²) in [5.74, 6) is 2.34. The van der Waals surface area contributed by atoms with Gasteiger partial charge in [0.15, 0.2) is 0 Å². The second-order valence-corrected chi connectivity index (χ2v) is 12.1. The first-order valence-corrected chi connectivity index (χ1v) is 14.5. The third-order valence-electron chi connectivity index (χ3n) is 8.19. The van der Waals surface area contributed by atoms with Crippen molar-refractivity contribution in [1.29, 1.82) is 0 Å². The van der Waals surface area contributed by atoms with Crippen molar-refractivity contribution in [2.45, 2.75) is 77.3 Å². The molecule has 3 aliphatic rings. The summed E-state index contributed by atoms with van der Waals surface area (Å²) >= 11 is 0. The molecule has 5 nitrogen and oxygen atoms in total. The summed E-state index contributed by atoms with van der Waals surface area (Å²) in [7, 11) is 0. The summed E-state index contributed by atoms with van der Waals surface area (Å²) in [6.45, 7) is 3.57. The molecule has 2 aromatic heterocycles. The van der Waals surface area contributed by atoms with Gasteiger partial charge in [-0.3, -0.25) is 0 Å². The van der Waals surface area contributed by atoms with Gasteiger partial charge >= 0.3 is 12.4 Å². The fourth-order valence-electron chi connectivity index (χ4n) is 5.65. The van der Waals surface area contributed by atoms with E-state index in [2.05, 4.69) is 20.9 Å². The smallest absolute Gasteiger partial charge is 0.356 e. The van der Waals surface area contributed by atoms with Gasteiger partial charge in [-0.05, 0) is 105 Å². The van der Waals surface area contributed by atoms with E-state index in [1.54, 1.807) is 17.3 Å². The molecule has 0 atom stereocenters. The van der Waals surface area contributed by atoms with Crippen molar-refractivity contribution in [3.05, 3.63) is 75.7 Å². The molecule has 6 rings (SSSR count). The number of aromatic nitrogens is 3. The molecule has 0 bridgehead atoms. The molecule has 42 heavy (non-hydrogen) atoms. The lowest BCUT2D eigenvalue weighted by molar-refractivity contribution is -0.143. The number of hydrogen-bond acceptors (Lipinski definition) is 5. The van der Waals surface area contributed by atoms with E-state index < -0.39 is 23.5 Å². The Kier molecular flexibility index (Phi) is 7.55. The molecule has 0 unspecified atom stereocenters. The van der Waals surface area contributed by atoms with Crippen LogP contribution in [0.25, 0.3) is 0 Å². The molecule has 2 saturated carbocycles. The van der Waals surface area contributed by atoms with Gasteiger partial charge in [0.1, 0.15) is 5.82 Å². The third kappa shape index (κ3) is 6.81. The highest BCUT2D eigenvalue weighted by Crippen LogP contribution is 2.39. The van der Waals surface area contributed by atoms with Crippen LogP contribution in [-0.4, -0.2) is 28.0 Å². The van der Waals surface area contributed by atoms with Crippen LogP contribution in [0.5, 0.6) is 0 Å². The molecule has 2 fully saturated rings. The molecular formula is C31H33F6N5. The molecule has 224 valence electrons. The highest BCUT2D eigenvalue weighted by atomic mass is 19.4. The first-order chi connectivity index (χ1) is 19.9. The Morgan fingerprint density at radius 3 is 1.90 bits per heavy atom. The molecule has 0 aliphatic heterocycles. The van der Waals surface area contributed by atoms with Gasteiger partial charge in [-0.2, -0.15) is 26.3 Å². The van der Waals surface area contributed by atoms with Gasteiger partial charge in [-0.15, -0.1) is 0 Å². The molecule has 0 radical (unpaired) electrons. The maximum atomic E-state index is 13.7. The Morgan fingerprint density at radius 2 is 1.36 bits per heavy atom. The predicted molar refractivity (Wildman–Crippen MR) is 147 cm³/mol. The van der Waals surface area contributed by atoms with Crippen molar-refractivity contribution in [3.8, 4) is 0 Å². The van der Waals surface area contributed by atoms with Crippen LogP contribution in [0.3, 0.4) is 0 Å². The van der Waals surface area contributed by atoms with Gasteiger partial charge in [0.2, 0.25) is 5.95 Å². The highest BCUT2D eigenvalue weighted by Gasteiger charge is 2.37. The topological polar surface area (TPSA) is 45.2 Å². The van der Waals surface area contributed by atoms with E-state index in [0.717, 1.165) is 72.7 Å². The average Bonchev–Trinajstić information content (AvgIpc) is 3.86. The van der Waals surface area contributed by atoms with Crippen LogP contribution in [-0.2, 0) is 38.3 Å². The van der Waals surface area contributed by atoms with Crippen LogP contribution in [0, 0.1) is 18.8 Å². The van der Waals surface area contributed by atoms with Crippen LogP contribution >= 0.6 is 0 Å². The highest BCUT2D eigenvalue weighted by molar-refractivity contribution is 5.53. The Morgan fingerprint density at radius 1 is 0.762 bits per heavy atom. The predicted octanol–water partition coefficient (Wildman–Crippen LogP) is 7.54. The lowest BCUT2D eigenvalue weighted by Crippen LogP contribution is -2.32. The van der Waals surface area contributed by atoms with E-state index in [0.29, 0.717) is 11.8 Å². The van der Waals surface area contributed by atoms with Crippen molar-refractivity contribution in [2.75, 3.05) is 22.9 Å². The van der Waals surface area contributed by atoms with E-state index in [9.17, 15) is 26.3 Å². The van der Waals surface area contributed by atoms with Gasteiger partial charge < -0.3 is 9.80 Å². The molecule has 3 aliphatic carbocycles. The summed E-state index contributed by atoms with van der Waals surface area (Å²) < 4.78 is 81.9. The molecular weight excluding hydrogens is 556 g/mol. The molecule has 0 N–H and O–H groups in total. The molecule has 0 spiro atoms. The van der Waals surface area contributed by atoms with Crippen molar-refractivity contribution in [3.63, 3.8) is 0 Å². The number of aryl methyl sites for hydroxylation is 3. The Bertz CT molecular complexity index is 1380. The summed E-state index contributed by atoms with van der Waals surface area (Å²) in [6.07, 6.45) is 0.866. The molecule has 1 aromatic carbocycles. The minimum atomic E-state index is -4.93. The zero-order valence-electron chi connectivity index (χ0n) is 23.4. The van der Waals surface area contributed by atoms with Gasteiger partial charge in [0.25, 0.3) is 0 Å². The number of halogens is 6. The van der Waals surface area contributed by atoms with Crippen molar-refractivity contribution < 1.29 is 26.3 Å². The quantitative estimate of drug-likeness (QED) is 0.229. The minimum absolute atomic E-state index is 0.121. The summed E-state index contributed by atoms with van der Waals surface area (Å²) in [5.41, 5.74) is 1.12. The SMILES string of the molecule is Cc1cnc(N(Cc2cc(C(F)(F)F)cc(C(F)(F)F)c2)Cc2cc3c(nc2N(CC2CC2)CC2CC2)CCC3)nc1. The Labute approximate surface area is 241 Å². The van der Waals surface area contributed by atoms with Gasteiger partial charge in [0.05, 0.1) is 11.1 Å². The first-order valence-electron chi connectivity index (χ1n) is 14.5. The van der Waals surface area contributed by atoms with Crippen molar-refractivity contribution in [1.82, 2.24) is 15.0 Å². The minimum Gasteiger partial charge on any atom is -0.356 e. The molecule has 0 amide bonds. The number of benzene rings is 1. The Hall–Kier alpha value is -3.37. The molecule has 11 heteroatoms. The zero-order chi connectivity index (χ0) is 29.6. The van der Waals surface area contributed by atoms with Gasteiger partial charge in [-0.1, -0.05) is 0 Å².